The van der Waals surface area contributed by atoms with Crippen LogP contribution < -0.4 is 15.5 Å². The average Bonchev–Trinajstić information content (AvgIpc) is 3.00. The molecule has 1 heterocycles. The van der Waals surface area contributed by atoms with Crippen LogP contribution in [0.4, 0.5) is 16.2 Å². The number of rotatable bonds is 6. The number of carbonyl (C=O) groups excluding carboxylic acids is 1. The van der Waals surface area contributed by atoms with Crippen LogP contribution in [0.15, 0.2) is 48.5 Å². The summed E-state index contributed by atoms with van der Waals surface area (Å²) >= 11 is 0. The molecule has 1 unspecified atom stereocenters. The molecule has 1 aliphatic rings. The van der Waals surface area contributed by atoms with Gasteiger partial charge in [-0.3, -0.25) is 0 Å². The predicted molar refractivity (Wildman–Crippen MR) is 101 cm³/mol. The van der Waals surface area contributed by atoms with E-state index in [1.54, 1.807) is 0 Å². The number of amides is 2. The highest BCUT2D eigenvalue weighted by atomic mass is 16.3. The second-order valence-electron chi connectivity index (χ2n) is 6.47. The quantitative estimate of drug-likeness (QED) is 0.758. The van der Waals surface area contributed by atoms with Crippen LogP contribution in [-0.4, -0.2) is 37.9 Å². The molecule has 0 saturated heterocycles. The van der Waals surface area contributed by atoms with Gasteiger partial charge in [0.25, 0.3) is 0 Å². The van der Waals surface area contributed by atoms with E-state index < -0.39 is 0 Å². The van der Waals surface area contributed by atoms with E-state index in [1.165, 1.54) is 11.3 Å². The molecule has 0 spiro atoms. The Hall–Kier alpha value is -2.53. The van der Waals surface area contributed by atoms with E-state index in [0.29, 0.717) is 13.0 Å². The number of carbonyl (C=O) groups is 1. The number of aliphatic hydroxyl groups is 1. The first-order valence-electron chi connectivity index (χ1n) is 8.72. The van der Waals surface area contributed by atoms with E-state index in [9.17, 15) is 9.90 Å². The van der Waals surface area contributed by atoms with Crippen molar-refractivity contribution < 1.29 is 9.90 Å². The Morgan fingerprint density at radius 1 is 1.24 bits per heavy atom. The van der Waals surface area contributed by atoms with Gasteiger partial charge in [-0.15, -0.1) is 0 Å². The Labute approximate surface area is 148 Å². The average molecular weight is 339 g/mol. The van der Waals surface area contributed by atoms with Crippen LogP contribution in [0.2, 0.25) is 0 Å². The molecule has 0 saturated carbocycles. The minimum absolute atomic E-state index is 0.0972. The van der Waals surface area contributed by atoms with Crippen molar-refractivity contribution in [3.63, 3.8) is 0 Å². The van der Waals surface area contributed by atoms with Crippen molar-refractivity contribution in [3.8, 4) is 0 Å². The molecule has 1 aliphatic heterocycles. The van der Waals surface area contributed by atoms with E-state index in [0.717, 1.165) is 24.2 Å². The number of hydrogen-bond acceptors (Lipinski definition) is 3. The van der Waals surface area contributed by atoms with E-state index in [1.807, 2.05) is 42.5 Å². The second kappa shape index (κ2) is 8.03. The van der Waals surface area contributed by atoms with Gasteiger partial charge >= 0.3 is 6.03 Å². The van der Waals surface area contributed by atoms with Gasteiger partial charge in [-0.05, 0) is 36.1 Å². The number of nitrogens with one attached hydrogen (secondary N) is 2. The number of hydrogen-bond donors (Lipinski definition) is 3. The molecule has 3 rings (SSSR count). The largest absolute Gasteiger partial charge is 0.396 e. The second-order valence-corrected chi connectivity index (χ2v) is 6.47. The lowest BCUT2D eigenvalue weighted by Gasteiger charge is -2.18. The fraction of sp³-hybridized carbons (Fsp3) is 0.350. The monoisotopic (exact) mass is 339 g/mol. The fourth-order valence-electron chi connectivity index (χ4n) is 3.28. The lowest BCUT2D eigenvalue weighted by molar-refractivity contribution is 0.248. The van der Waals surface area contributed by atoms with Crippen molar-refractivity contribution >= 4 is 17.4 Å². The van der Waals surface area contributed by atoms with Crippen LogP contribution in [0.25, 0.3) is 0 Å². The van der Waals surface area contributed by atoms with Gasteiger partial charge in [0.15, 0.2) is 0 Å². The van der Waals surface area contributed by atoms with Gasteiger partial charge in [0.1, 0.15) is 0 Å². The van der Waals surface area contributed by atoms with Crippen molar-refractivity contribution in [1.29, 1.82) is 0 Å². The summed E-state index contributed by atoms with van der Waals surface area (Å²) in [5, 5.41) is 15.1. The molecule has 0 aromatic heterocycles. The molecule has 3 N–H and O–H groups in total. The minimum Gasteiger partial charge on any atom is -0.396 e. The van der Waals surface area contributed by atoms with Crippen molar-refractivity contribution in [2.75, 3.05) is 37.0 Å². The van der Waals surface area contributed by atoms with Crippen LogP contribution in [0.1, 0.15) is 23.5 Å². The zero-order valence-electron chi connectivity index (χ0n) is 14.5. The standard InChI is InChI=1S/C20H25N3O2/c1-23-11-9-16-7-8-18(13-19(16)23)22-20(25)21-14-17(10-12-24)15-5-3-2-4-6-15/h2-8,13,17,24H,9-12,14H2,1H3,(H2,21,22,25). The first kappa shape index (κ1) is 17.3. The molecule has 5 nitrogen and oxygen atoms in total. The number of fused-ring (bicyclic) bond motifs is 1. The van der Waals surface area contributed by atoms with E-state index in [2.05, 4.69) is 28.6 Å². The van der Waals surface area contributed by atoms with Crippen molar-refractivity contribution in [2.24, 2.45) is 0 Å². The lowest BCUT2D eigenvalue weighted by atomic mass is 9.96. The molecule has 25 heavy (non-hydrogen) atoms. The lowest BCUT2D eigenvalue weighted by Crippen LogP contribution is -2.32. The molecular formula is C20H25N3O2. The number of nitrogens with zero attached hydrogens (tertiary/aromatic N) is 1. The Morgan fingerprint density at radius 2 is 2.04 bits per heavy atom. The topological polar surface area (TPSA) is 64.6 Å². The first-order valence-corrected chi connectivity index (χ1v) is 8.72. The Kier molecular flexibility index (Phi) is 5.56. The highest BCUT2D eigenvalue weighted by Gasteiger charge is 2.17. The smallest absolute Gasteiger partial charge is 0.319 e. The minimum atomic E-state index is -0.223. The van der Waals surface area contributed by atoms with Gasteiger partial charge in [-0.25, -0.2) is 4.79 Å². The molecule has 0 fully saturated rings. The molecule has 2 aromatic rings. The van der Waals surface area contributed by atoms with Crippen LogP contribution in [0, 0.1) is 0 Å². The highest BCUT2D eigenvalue weighted by Crippen LogP contribution is 2.29. The maximum Gasteiger partial charge on any atom is 0.319 e. The normalized spacial score (nSPS) is 14.1. The van der Waals surface area contributed by atoms with E-state index >= 15 is 0 Å². The number of anilines is 2. The number of likely N-dealkylation sites (N-methyl/N-ethyl adjacent to an activating group) is 1. The molecule has 2 aromatic carbocycles. The third-order valence-corrected chi connectivity index (χ3v) is 4.73. The van der Waals surface area contributed by atoms with Crippen molar-refractivity contribution in [2.45, 2.75) is 18.8 Å². The zero-order valence-corrected chi connectivity index (χ0v) is 14.5. The molecule has 0 bridgehead atoms. The molecule has 0 radical (unpaired) electrons. The SMILES string of the molecule is CN1CCc2ccc(NC(=O)NCC(CCO)c3ccccc3)cc21. The summed E-state index contributed by atoms with van der Waals surface area (Å²) in [6, 6.07) is 15.8. The van der Waals surface area contributed by atoms with Gasteiger partial charge in [0.2, 0.25) is 0 Å². The maximum atomic E-state index is 12.2. The van der Waals surface area contributed by atoms with Gasteiger partial charge in [0.05, 0.1) is 0 Å². The van der Waals surface area contributed by atoms with Crippen LogP contribution in [-0.2, 0) is 6.42 Å². The molecule has 5 heteroatoms. The molecular weight excluding hydrogens is 314 g/mol. The molecule has 0 aliphatic carbocycles. The Bertz CT molecular complexity index is 718. The molecule has 2 amide bonds. The summed E-state index contributed by atoms with van der Waals surface area (Å²) < 4.78 is 0. The van der Waals surface area contributed by atoms with Crippen LogP contribution in [0.5, 0.6) is 0 Å². The van der Waals surface area contributed by atoms with Gasteiger partial charge in [-0.1, -0.05) is 36.4 Å². The number of urea groups is 1. The highest BCUT2D eigenvalue weighted by molar-refractivity contribution is 5.90. The molecule has 1 atom stereocenters. The van der Waals surface area contributed by atoms with Crippen LogP contribution >= 0.6 is 0 Å². The first-order chi connectivity index (χ1) is 12.2. The zero-order chi connectivity index (χ0) is 17.6. The summed E-state index contributed by atoms with van der Waals surface area (Å²) in [4.78, 5) is 14.4. The predicted octanol–water partition coefficient (Wildman–Crippen LogP) is 2.97. The third kappa shape index (κ3) is 4.31. The summed E-state index contributed by atoms with van der Waals surface area (Å²) in [5.41, 5.74) is 4.42. The summed E-state index contributed by atoms with van der Waals surface area (Å²) in [7, 11) is 2.06. The summed E-state index contributed by atoms with van der Waals surface area (Å²) in [6.45, 7) is 1.60. The van der Waals surface area contributed by atoms with Crippen molar-refractivity contribution in [1.82, 2.24) is 5.32 Å². The Balaban J connectivity index is 1.58. The maximum absolute atomic E-state index is 12.2. The summed E-state index contributed by atoms with van der Waals surface area (Å²) in [6.07, 6.45) is 1.67. The van der Waals surface area contributed by atoms with Gasteiger partial charge in [-0.2, -0.15) is 0 Å². The Morgan fingerprint density at radius 3 is 2.80 bits per heavy atom. The molecule has 132 valence electrons. The van der Waals surface area contributed by atoms with Crippen molar-refractivity contribution in [3.05, 3.63) is 59.7 Å². The third-order valence-electron chi connectivity index (χ3n) is 4.73. The van der Waals surface area contributed by atoms with E-state index in [4.69, 9.17) is 0 Å². The van der Waals surface area contributed by atoms with Crippen LogP contribution in [0.3, 0.4) is 0 Å². The summed E-state index contributed by atoms with van der Waals surface area (Å²) in [5.74, 6) is 0.100. The van der Waals surface area contributed by atoms with Gasteiger partial charge < -0.3 is 20.6 Å². The fourth-order valence-corrected chi connectivity index (χ4v) is 3.28. The number of aliphatic hydroxyl groups excluding tert-OH is 1. The van der Waals surface area contributed by atoms with E-state index in [-0.39, 0.29) is 18.6 Å². The number of benzene rings is 2. The van der Waals surface area contributed by atoms with Gasteiger partial charge in [0, 0.05) is 44.0 Å².